The maximum Gasteiger partial charge on any atom is 0.414 e. The van der Waals surface area contributed by atoms with Gasteiger partial charge in [-0.15, -0.1) is 0 Å². The number of amides is 1. The Morgan fingerprint density at radius 1 is 1.39 bits per heavy atom. The first-order chi connectivity index (χ1) is 10.5. The van der Waals surface area contributed by atoms with E-state index in [4.69, 9.17) is 15.4 Å². The number of benzene rings is 1. The molecule has 1 rings (SSSR count). The minimum atomic E-state index is -1.02. The van der Waals surface area contributed by atoms with Crippen molar-refractivity contribution in [3.05, 3.63) is 33.7 Å². The molecule has 1 aromatic rings. The number of carbonyl (C=O) groups excluding carboxylic acids is 1. The van der Waals surface area contributed by atoms with Crippen molar-refractivity contribution >= 4 is 23.4 Å². The van der Waals surface area contributed by atoms with Crippen molar-refractivity contribution in [1.29, 1.82) is 0 Å². The molecule has 0 aliphatic heterocycles. The Morgan fingerprint density at radius 2 is 2.00 bits per heavy atom. The molecule has 0 spiro atoms. The molecule has 0 aliphatic rings. The molecule has 8 heteroatoms. The molecule has 0 saturated carbocycles. The Labute approximate surface area is 134 Å². The zero-order valence-corrected chi connectivity index (χ0v) is 13.8. The van der Waals surface area contributed by atoms with Crippen molar-refractivity contribution in [3.63, 3.8) is 0 Å². The van der Waals surface area contributed by atoms with Gasteiger partial charge < -0.3 is 9.84 Å². The molecule has 1 N–H and O–H groups in total. The summed E-state index contributed by atoms with van der Waals surface area (Å²) in [5.74, 6) is -1.02. The number of carboxylic acid groups (broad SMARTS) is 1. The predicted octanol–water partition coefficient (Wildman–Crippen LogP) is 3.94. The van der Waals surface area contributed by atoms with Gasteiger partial charge in [-0.3, -0.25) is 9.69 Å². The van der Waals surface area contributed by atoms with E-state index in [0.717, 1.165) is 0 Å². The molecule has 8 nitrogen and oxygen atoms in total. The molecule has 1 aromatic carbocycles. The minimum absolute atomic E-state index is 0.240. The lowest BCUT2D eigenvalue weighted by atomic mass is 10.0. The topological polar surface area (TPSA) is 116 Å². The molecular formula is C15H20N4O4. The fraction of sp³-hybridized carbons (Fsp3) is 0.467. The zero-order chi connectivity index (χ0) is 17.8. The average Bonchev–Trinajstić information content (AvgIpc) is 2.40. The van der Waals surface area contributed by atoms with Crippen LogP contribution in [0.4, 0.5) is 16.2 Å². The lowest BCUT2D eigenvalue weighted by Gasteiger charge is -2.25. The average molecular weight is 320 g/mol. The van der Waals surface area contributed by atoms with Gasteiger partial charge in [0.05, 0.1) is 6.42 Å². The number of azide groups is 1. The van der Waals surface area contributed by atoms with Crippen molar-refractivity contribution in [1.82, 2.24) is 0 Å². The highest BCUT2D eigenvalue weighted by molar-refractivity contribution is 5.88. The first-order valence-corrected chi connectivity index (χ1v) is 6.92. The molecule has 0 unspecified atom stereocenters. The van der Waals surface area contributed by atoms with Gasteiger partial charge in [0.1, 0.15) is 5.60 Å². The molecule has 0 saturated heterocycles. The maximum atomic E-state index is 12.1. The lowest BCUT2D eigenvalue weighted by Crippen LogP contribution is -2.34. The third-order valence-electron chi connectivity index (χ3n) is 3.02. The quantitative estimate of drug-likeness (QED) is 0.514. The highest BCUT2D eigenvalue weighted by atomic mass is 16.6. The van der Waals surface area contributed by atoms with Crippen LogP contribution in [0.5, 0.6) is 0 Å². The Hall–Kier alpha value is -2.73. The fourth-order valence-electron chi connectivity index (χ4n) is 1.87. The van der Waals surface area contributed by atoms with Crippen LogP contribution >= 0.6 is 0 Å². The van der Waals surface area contributed by atoms with Crippen LogP contribution in [-0.4, -0.2) is 29.8 Å². The van der Waals surface area contributed by atoms with Gasteiger partial charge in [-0.1, -0.05) is 5.11 Å². The first-order valence-electron chi connectivity index (χ1n) is 6.92. The second-order valence-electron chi connectivity index (χ2n) is 6.05. The zero-order valence-electron chi connectivity index (χ0n) is 13.8. The van der Waals surface area contributed by atoms with Gasteiger partial charge in [0, 0.05) is 23.3 Å². The standard InChI is InChI=1S/C15H20N4O4/c1-9-10(7-13(20)21)6-11(8-12(9)17-18-16)19(5)14(22)23-15(2,3)4/h6,8H,7H2,1-5H3,(H,20,21). The summed E-state index contributed by atoms with van der Waals surface area (Å²) in [4.78, 5) is 27.1. The summed E-state index contributed by atoms with van der Waals surface area (Å²) in [6.45, 7) is 6.90. The van der Waals surface area contributed by atoms with Crippen LogP contribution in [0.1, 0.15) is 31.9 Å². The summed E-state index contributed by atoms with van der Waals surface area (Å²) < 4.78 is 5.27. The molecule has 0 aromatic heterocycles. The fourth-order valence-corrected chi connectivity index (χ4v) is 1.87. The number of anilines is 1. The molecule has 0 heterocycles. The van der Waals surface area contributed by atoms with Gasteiger partial charge in [-0.25, -0.2) is 4.79 Å². The minimum Gasteiger partial charge on any atom is -0.481 e. The van der Waals surface area contributed by atoms with Crippen molar-refractivity contribution in [3.8, 4) is 0 Å². The number of aliphatic carboxylic acids is 1. The molecule has 124 valence electrons. The normalized spacial score (nSPS) is 10.7. The number of hydrogen-bond acceptors (Lipinski definition) is 4. The number of carboxylic acids is 1. The van der Waals surface area contributed by atoms with E-state index in [-0.39, 0.29) is 12.1 Å². The Bertz CT molecular complexity index is 673. The summed E-state index contributed by atoms with van der Waals surface area (Å²) in [6, 6.07) is 3.09. The van der Waals surface area contributed by atoms with E-state index < -0.39 is 17.7 Å². The van der Waals surface area contributed by atoms with Gasteiger partial charge in [-0.05, 0) is 56.5 Å². The molecule has 0 radical (unpaired) electrons. The van der Waals surface area contributed by atoms with Crippen molar-refractivity contribution in [2.45, 2.75) is 39.7 Å². The smallest absolute Gasteiger partial charge is 0.414 e. The second kappa shape index (κ2) is 7.02. The van der Waals surface area contributed by atoms with Gasteiger partial charge in [0.25, 0.3) is 0 Å². The van der Waals surface area contributed by atoms with Gasteiger partial charge in [0.15, 0.2) is 0 Å². The van der Waals surface area contributed by atoms with E-state index in [1.54, 1.807) is 33.8 Å². The summed E-state index contributed by atoms with van der Waals surface area (Å²) >= 11 is 0. The van der Waals surface area contributed by atoms with E-state index in [0.29, 0.717) is 16.8 Å². The predicted molar refractivity (Wildman–Crippen MR) is 86.0 cm³/mol. The maximum absolute atomic E-state index is 12.1. The van der Waals surface area contributed by atoms with Crippen LogP contribution in [0.2, 0.25) is 0 Å². The van der Waals surface area contributed by atoms with Crippen molar-refractivity contribution in [2.75, 3.05) is 11.9 Å². The van der Waals surface area contributed by atoms with Crippen LogP contribution in [0.15, 0.2) is 17.2 Å². The number of hydrogen-bond donors (Lipinski definition) is 1. The Morgan fingerprint density at radius 3 is 2.48 bits per heavy atom. The summed E-state index contributed by atoms with van der Waals surface area (Å²) in [6.07, 6.45) is -0.829. The monoisotopic (exact) mass is 320 g/mol. The molecular weight excluding hydrogens is 300 g/mol. The van der Waals surface area contributed by atoms with E-state index in [9.17, 15) is 9.59 Å². The van der Waals surface area contributed by atoms with E-state index in [1.807, 2.05) is 0 Å². The third kappa shape index (κ3) is 5.19. The third-order valence-corrected chi connectivity index (χ3v) is 3.02. The van der Waals surface area contributed by atoms with Gasteiger partial charge >= 0.3 is 12.1 Å². The summed E-state index contributed by atoms with van der Waals surface area (Å²) in [7, 11) is 1.50. The number of carbonyl (C=O) groups is 2. The summed E-state index contributed by atoms with van der Waals surface area (Å²) in [5.41, 5.74) is 9.68. The Balaban J connectivity index is 3.29. The number of rotatable bonds is 4. The molecule has 0 fully saturated rings. The molecule has 1 amide bonds. The molecule has 0 atom stereocenters. The molecule has 23 heavy (non-hydrogen) atoms. The highest BCUT2D eigenvalue weighted by Gasteiger charge is 2.22. The van der Waals surface area contributed by atoms with Gasteiger partial charge in [-0.2, -0.15) is 0 Å². The van der Waals surface area contributed by atoms with Crippen LogP contribution in [0.25, 0.3) is 10.4 Å². The Kier molecular flexibility index (Phi) is 5.59. The van der Waals surface area contributed by atoms with Crippen LogP contribution in [0.3, 0.4) is 0 Å². The second-order valence-corrected chi connectivity index (χ2v) is 6.05. The van der Waals surface area contributed by atoms with Crippen LogP contribution in [0, 0.1) is 6.92 Å². The first kappa shape index (κ1) is 18.3. The van der Waals surface area contributed by atoms with E-state index in [2.05, 4.69) is 10.0 Å². The lowest BCUT2D eigenvalue weighted by molar-refractivity contribution is -0.136. The van der Waals surface area contributed by atoms with Crippen molar-refractivity contribution < 1.29 is 19.4 Å². The molecule has 0 aliphatic carbocycles. The summed E-state index contributed by atoms with van der Waals surface area (Å²) in [5, 5.41) is 12.6. The van der Waals surface area contributed by atoms with Gasteiger partial charge in [0.2, 0.25) is 0 Å². The highest BCUT2D eigenvalue weighted by Crippen LogP contribution is 2.30. The largest absolute Gasteiger partial charge is 0.481 e. The SMILES string of the molecule is Cc1c(CC(=O)O)cc(N(C)C(=O)OC(C)(C)C)cc1N=[N+]=[N-]. The van der Waals surface area contributed by atoms with Crippen LogP contribution < -0.4 is 4.90 Å². The number of nitrogens with zero attached hydrogens (tertiary/aromatic N) is 4. The van der Waals surface area contributed by atoms with Crippen molar-refractivity contribution in [2.24, 2.45) is 5.11 Å². The van der Waals surface area contributed by atoms with E-state index in [1.165, 1.54) is 18.0 Å². The number of ether oxygens (including phenoxy) is 1. The van der Waals surface area contributed by atoms with Crippen LogP contribution in [-0.2, 0) is 16.0 Å². The van der Waals surface area contributed by atoms with E-state index >= 15 is 0 Å². The molecule has 0 bridgehead atoms.